The van der Waals surface area contributed by atoms with Gasteiger partial charge in [0.2, 0.25) is 0 Å². The third-order valence-electron chi connectivity index (χ3n) is 3.70. The van der Waals surface area contributed by atoms with Gasteiger partial charge in [-0.1, -0.05) is 35.9 Å². The Bertz CT molecular complexity index is 727. The molecule has 0 aliphatic rings. The second-order valence-electron chi connectivity index (χ2n) is 5.74. The number of benzene rings is 2. The Morgan fingerprint density at radius 3 is 2.22 bits per heavy atom. The molecule has 0 aliphatic heterocycles. The van der Waals surface area contributed by atoms with Gasteiger partial charge in [-0.25, -0.2) is 0 Å². The molecule has 0 bridgehead atoms. The van der Waals surface area contributed by atoms with E-state index in [-0.39, 0.29) is 11.7 Å². The van der Waals surface area contributed by atoms with Gasteiger partial charge in [0.15, 0.2) is 0 Å². The van der Waals surface area contributed by atoms with Crippen LogP contribution in [0.4, 0.5) is 11.4 Å². The number of carbonyl (C=O) groups is 1. The van der Waals surface area contributed by atoms with Gasteiger partial charge in [-0.2, -0.15) is 12.3 Å². The molecular weight excluding hydrogens is 464 g/mol. The number of hydrogen-bond donors (Lipinski definition) is 0. The van der Waals surface area contributed by atoms with E-state index in [9.17, 15) is 4.79 Å². The molecule has 0 fully saturated rings. The first-order chi connectivity index (χ1) is 13.0. The molecule has 0 saturated heterocycles. The van der Waals surface area contributed by atoms with Gasteiger partial charge >= 0.3 is 22.4 Å². The summed E-state index contributed by atoms with van der Waals surface area (Å²) in [5, 5.41) is 8.51. The van der Waals surface area contributed by atoms with E-state index in [4.69, 9.17) is 28.8 Å². The van der Waals surface area contributed by atoms with Crippen molar-refractivity contribution in [2.75, 3.05) is 37.0 Å². The van der Waals surface area contributed by atoms with Gasteiger partial charge < -0.3 is 45.6 Å². The first kappa shape index (κ1) is 23.9. The van der Waals surface area contributed by atoms with Crippen LogP contribution in [0, 0.1) is 0 Å². The molecule has 0 N–H and O–H groups in total. The zero-order chi connectivity index (χ0) is 20.2. The average molecular weight is 486 g/mol. The first-order valence-corrected chi connectivity index (χ1v) is 10.1. The fraction of sp³-hybridized carbons (Fsp3) is 0.316. The predicted octanol–water partition coefficient (Wildman–Crippen LogP) is 3.80. The molecule has 2 aromatic carbocycles. The van der Waals surface area contributed by atoms with Crippen molar-refractivity contribution in [3.05, 3.63) is 58.7 Å². The van der Waals surface area contributed by atoms with Gasteiger partial charge in [-0.15, -0.1) is 18.0 Å². The molecule has 27 heavy (non-hydrogen) atoms. The normalized spacial score (nSPS) is 10.0. The second kappa shape index (κ2) is 13.1. The van der Waals surface area contributed by atoms with E-state index < -0.39 is 0 Å². The maximum atomic E-state index is 11.6. The zero-order valence-corrected chi connectivity index (χ0v) is 18.7. The summed E-state index contributed by atoms with van der Waals surface area (Å²) in [7, 11) is 4.03. The predicted molar refractivity (Wildman–Crippen MR) is 111 cm³/mol. The van der Waals surface area contributed by atoms with Gasteiger partial charge in [0.1, 0.15) is 0 Å². The van der Waals surface area contributed by atoms with E-state index in [0.29, 0.717) is 24.5 Å². The number of anilines is 1. The Morgan fingerprint density at radius 1 is 1.04 bits per heavy atom. The Morgan fingerprint density at radius 2 is 1.67 bits per heavy atom. The van der Waals surface area contributed by atoms with Crippen molar-refractivity contribution in [3.63, 3.8) is 0 Å². The van der Waals surface area contributed by atoms with Crippen LogP contribution in [-0.4, -0.2) is 38.1 Å². The zero-order valence-electron chi connectivity index (χ0n) is 15.2. The van der Waals surface area contributed by atoms with Crippen molar-refractivity contribution >= 4 is 42.5 Å². The van der Waals surface area contributed by atoms with Crippen LogP contribution in [0.5, 0.6) is 0 Å². The third-order valence-corrected chi connectivity index (χ3v) is 4.13. The standard InChI is InChI=1S/C19H24N3OS2.O.Tc/c1-22(2)17-6-3-14(4-7-17)15-5-8-18(21-19(23)13-25)16(11-15)12-20-9-10-24;;/h3-8,11H,9-10,12-13H2,1-2H3,(H3,21,23,24,25);;/q-1;;+4/p-3. The number of nitrogens with zero attached hydrogens (tertiary/aromatic N) is 3. The molecule has 5 nitrogen and oxygen atoms in total. The van der Waals surface area contributed by atoms with Crippen LogP contribution in [0.3, 0.4) is 0 Å². The molecule has 8 heteroatoms. The summed E-state index contributed by atoms with van der Waals surface area (Å²) in [4.78, 5) is 13.7. The molecule has 0 atom stereocenters. The van der Waals surface area contributed by atoms with E-state index in [1.54, 1.807) is 0 Å². The topological polar surface area (TPSA) is 65.6 Å². The number of amides is 1. The van der Waals surface area contributed by atoms with Crippen molar-refractivity contribution in [1.82, 2.24) is 0 Å². The Balaban J connectivity index is 0.00000176. The Labute approximate surface area is 182 Å². The van der Waals surface area contributed by atoms with Gasteiger partial charge in [-0.3, -0.25) is 0 Å². The van der Waals surface area contributed by atoms with E-state index in [2.05, 4.69) is 39.8 Å². The van der Waals surface area contributed by atoms with Crippen LogP contribution in [0.2, 0.25) is 0 Å². The van der Waals surface area contributed by atoms with Crippen LogP contribution in [-0.2, 0) is 59.0 Å². The molecule has 2 rings (SSSR count). The Hall–Kier alpha value is -1.18. The van der Waals surface area contributed by atoms with Crippen LogP contribution in [0.15, 0.2) is 42.5 Å². The molecule has 0 saturated carbocycles. The summed E-state index contributed by atoms with van der Waals surface area (Å²) < 4.78 is 8.22. The quantitative estimate of drug-likeness (QED) is 0.421. The van der Waals surface area contributed by atoms with Gasteiger partial charge in [-0.05, 0) is 23.3 Å². The summed E-state index contributed by atoms with van der Waals surface area (Å²) in [5.41, 5.74) is 4.87. The van der Waals surface area contributed by atoms with Gasteiger partial charge in [0, 0.05) is 25.7 Å². The molecule has 0 heterocycles. The maximum absolute atomic E-state index is 11.6. The molecule has 0 spiro atoms. The minimum atomic E-state index is -0.303. The SMILES string of the molecule is CN(C)c1ccc(-c2ccc([N-]C(=O)C[S-])c(C[N-]CC[S-])c2)cc1.[O]=[Tc+4]. The van der Waals surface area contributed by atoms with E-state index in [1.165, 1.54) is 0 Å². The Kier molecular flexibility index (Phi) is 11.6. The summed E-state index contributed by atoms with van der Waals surface area (Å²) in [6.45, 7) is 1.11. The van der Waals surface area contributed by atoms with E-state index >= 15 is 0 Å². The molecule has 2 aromatic rings. The van der Waals surface area contributed by atoms with Crippen molar-refractivity contribution < 1.29 is 27.2 Å². The molecule has 0 aliphatic carbocycles. The first-order valence-electron chi connectivity index (χ1n) is 8.15. The number of carbonyl (C=O) groups excluding carboxylic acids is 1. The minimum absolute atomic E-state index is 0.0174. The summed E-state index contributed by atoms with van der Waals surface area (Å²) in [5.74, 6) is 0.266. The van der Waals surface area contributed by atoms with Crippen LogP contribution in [0.25, 0.3) is 21.8 Å². The summed E-state index contributed by atoms with van der Waals surface area (Å²) in [6, 6.07) is 14.2. The van der Waals surface area contributed by atoms with Crippen molar-refractivity contribution in [1.29, 1.82) is 0 Å². The van der Waals surface area contributed by atoms with E-state index in [0.717, 1.165) is 41.2 Å². The van der Waals surface area contributed by atoms with Gasteiger partial charge in [0.25, 0.3) is 0 Å². The molecular formula is C19H21N3O2S2Tc. The van der Waals surface area contributed by atoms with E-state index in [1.807, 2.05) is 32.3 Å². The molecule has 0 unspecified atom stereocenters. The fourth-order valence-corrected chi connectivity index (χ4v) is 2.58. The van der Waals surface area contributed by atoms with Crippen molar-refractivity contribution in [2.45, 2.75) is 6.54 Å². The summed E-state index contributed by atoms with van der Waals surface area (Å²) >= 11 is 10.6. The molecule has 0 aromatic heterocycles. The third kappa shape index (κ3) is 7.76. The fourth-order valence-electron chi connectivity index (χ4n) is 2.38. The van der Waals surface area contributed by atoms with Gasteiger partial charge in [0.05, 0.1) is 0 Å². The molecule has 143 valence electrons. The number of rotatable bonds is 8. The second-order valence-corrected chi connectivity index (χ2v) is 6.44. The van der Waals surface area contributed by atoms with Crippen LogP contribution >= 0.6 is 0 Å². The van der Waals surface area contributed by atoms with Crippen LogP contribution < -0.4 is 4.90 Å². The number of hydrogen-bond acceptors (Lipinski definition) is 5. The van der Waals surface area contributed by atoms with Crippen molar-refractivity contribution in [2.24, 2.45) is 0 Å². The average Bonchev–Trinajstić information content (AvgIpc) is 2.70. The molecule has 1 amide bonds. The van der Waals surface area contributed by atoms with Crippen LogP contribution in [0.1, 0.15) is 5.56 Å². The van der Waals surface area contributed by atoms with Crippen molar-refractivity contribution in [3.8, 4) is 11.1 Å². The summed E-state index contributed by atoms with van der Waals surface area (Å²) in [6.07, 6.45) is 0. The molecule has 0 radical (unpaired) electrons. The monoisotopic (exact) mass is 484 g/mol.